The van der Waals surface area contributed by atoms with Gasteiger partial charge in [-0.1, -0.05) is 23.9 Å². The Bertz CT molecular complexity index is 804. The van der Waals surface area contributed by atoms with Crippen molar-refractivity contribution < 1.29 is 18.3 Å². The van der Waals surface area contributed by atoms with Gasteiger partial charge in [0.05, 0.1) is 5.75 Å². The Labute approximate surface area is 159 Å². The number of nitrogens with zero attached hydrogens (tertiary/aromatic N) is 3. The van der Waals surface area contributed by atoms with Crippen LogP contribution >= 0.6 is 11.8 Å². The van der Waals surface area contributed by atoms with Crippen molar-refractivity contribution in [2.24, 2.45) is 0 Å². The Morgan fingerprint density at radius 2 is 1.96 bits per heavy atom. The van der Waals surface area contributed by atoms with Gasteiger partial charge in [-0.15, -0.1) is 10.2 Å². The van der Waals surface area contributed by atoms with Gasteiger partial charge in [0.1, 0.15) is 11.6 Å². The summed E-state index contributed by atoms with van der Waals surface area (Å²) in [7, 11) is 0. The molecule has 1 aromatic heterocycles. The zero-order chi connectivity index (χ0) is 18.8. The summed E-state index contributed by atoms with van der Waals surface area (Å²) in [4.78, 5) is 12.1. The molecular weight excluding hydrogens is 374 g/mol. The molecule has 0 bridgehead atoms. The van der Waals surface area contributed by atoms with Crippen LogP contribution in [0.3, 0.4) is 0 Å². The number of alkyl halides is 2. The molecule has 0 spiro atoms. The van der Waals surface area contributed by atoms with Gasteiger partial charge in [-0.3, -0.25) is 4.79 Å². The van der Waals surface area contributed by atoms with E-state index < -0.39 is 6.61 Å². The maximum absolute atomic E-state index is 12.1. The van der Waals surface area contributed by atoms with Crippen molar-refractivity contribution in [2.75, 3.05) is 5.75 Å². The molecule has 6 nitrogen and oxygen atoms in total. The summed E-state index contributed by atoms with van der Waals surface area (Å²) in [6.45, 7) is -2.51. The Balaban J connectivity index is 1.26. The molecule has 144 valence electrons. The molecule has 1 amide bonds. The normalized spacial score (nSPS) is 16.6. The van der Waals surface area contributed by atoms with Gasteiger partial charge >= 0.3 is 6.61 Å². The summed E-state index contributed by atoms with van der Waals surface area (Å²) in [6, 6.07) is 6.71. The first-order valence-electron chi connectivity index (χ1n) is 8.98. The van der Waals surface area contributed by atoms with E-state index in [1.165, 1.54) is 36.7 Å². The van der Waals surface area contributed by atoms with Crippen molar-refractivity contribution in [1.82, 2.24) is 20.1 Å². The second kappa shape index (κ2) is 7.84. The lowest BCUT2D eigenvalue weighted by Gasteiger charge is -2.09. The van der Waals surface area contributed by atoms with E-state index in [0.717, 1.165) is 29.4 Å². The predicted molar refractivity (Wildman–Crippen MR) is 95.9 cm³/mol. The number of aromatic nitrogens is 3. The Hall–Kier alpha value is -2.16. The van der Waals surface area contributed by atoms with E-state index in [1.54, 1.807) is 12.1 Å². The van der Waals surface area contributed by atoms with Crippen molar-refractivity contribution >= 4 is 17.7 Å². The van der Waals surface area contributed by atoms with E-state index in [2.05, 4.69) is 24.8 Å². The summed E-state index contributed by atoms with van der Waals surface area (Å²) in [5.74, 6) is 1.87. The molecule has 2 fully saturated rings. The number of rotatable bonds is 9. The van der Waals surface area contributed by atoms with Crippen molar-refractivity contribution in [3.05, 3.63) is 35.7 Å². The van der Waals surface area contributed by atoms with Crippen molar-refractivity contribution in [2.45, 2.75) is 56.0 Å². The van der Waals surface area contributed by atoms with Crippen LogP contribution in [0.5, 0.6) is 5.75 Å². The Kier molecular flexibility index (Phi) is 5.29. The topological polar surface area (TPSA) is 69.0 Å². The molecule has 2 saturated carbocycles. The van der Waals surface area contributed by atoms with E-state index >= 15 is 0 Å². The van der Waals surface area contributed by atoms with Crippen LogP contribution in [0.15, 0.2) is 29.4 Å². The Morgan fingerprint density at radius 3 is 2.59 bits per heavy atom. The van der Waals surface area contributed by atoms with E-state index in [4.69, 9.17) is 0 Å². The van der Waals surface area contributed by atoms with Crippen LogP contribution in [0.25, 0.3) is 0 Å². The molecule has 0 radical (unpaired) electrons. The predicted octanol–water partition coefficient (Wildman–Crippen LogP) is 3.50. The number of amides is 1. The maximum atomic E-state index is 12.1. The minimum Gasteiger partial charge on any atom is -0.435 e. The van der Waals surface area contributed by atoms with Crippen LogP contribution in [0.1, 0.15) is 49.0 Å². The summed E-state index contributed by atoms with van der Waals surface area (Å²) >= 11 is 1.41. The zero-order valence-corrected chi connectivity index (χ0v) is 15.4. The molecule has 0 atom stereocenters. The first-order valence-corrected chi connectivity index (χ1v) is 9.97. The van der Waals surface area contributed by atoms with Gasteiger partial charge in [0.15, 0.2) is 5.16 Å². The van der Waals surface area contributed by atoms with Gasteiger partial charge in [-0.25, -0.2) is 0 Å². The lowest BCUT2D eigenvalue weighted by molar-refractivity contribution is -0.118. The van der Waals surface area contributed by atoms with Gasteiger partial charge in [0, 0.05) is 18.5 Å². The summed E-state index contributed by atoms with van der Waals surface area (Å²) in [5, 5.41) is 12.3. The smallest absolute Gasteiger partial charge is 0.387 e. The number of halogens is 2. The molecule has 4 rings (SSSR count). The van der Waals surface area contributed by atoms with E-state index in [0.29, 0.717) is 18.5 Å². The number of hydrogen-bond acceptors (Lipinski definition) is 5. The fourth-order valence-corrected chi connectivity index (χ4v) is 3.70. The highest BCUT2D eigenvalue weighted by atomic mass is 32.2. The second-order valence-electron chi connectivity index (χ2n) is 6.80. The first kappa shape index (κ1) is 18.2. The summed E-state index contributed by atoms with van der Waals surface area (Å²) in [6.07, 6.45) is 4.67. The highest BCUT2D eigenvalue weighted by Gasteiger charge is 2.36. The minimum absolute atomic E-state index is 0.0986. The third-order valence-corrected chi connectivity index (χ3v) is 5.46. The zero-order valence-electron chi connectivity index (χ0n) is 14.6. The minimum atomic E-state index is -2.84. The van der Waals surface area contributed by atoms with Gasteiger partial charge in [-0.05, 0) is 43.4 Å². The average Bonchev–Trinajstić information content (AvgIpc) is 3.57. The molecule has 9 heteroatoms. The van der Waals surface area contributed by atoms with Gasteiger partial charge in [0.2, 0.25) is 5.91 Å². The number of carbonyl (C=O) groups excluding carboxylic acids is 1. The number of nitrogens with one attached hydrogen (secondary N) is 1. The van der Waals surface area contributed by atoms with Crippen LogP contribution < -0.4 is 10.1 Å². The number of carbonyl (C=O) groups is 1. The summed E-state index contributed by atoms with van der Waals surface area (Å²) in [5.41, 5.74) is 0.812. The van der Waals surface area contributed by atoms with Crippen LogP contribution in [-0.2, 0) is 11.3 Å². The second-order valence-corrected chi connectivity index (χ2v) is 7.75. The lowest BCUT2D eigenvalue weighted by Crippen LogP contribution is -2.24. The number of hydrogen-bond donors (Lipinski definition) is 1. The standard InChI is InChI=1S/C18H20F2N4O2S/c19-17(20)26-14-7-1-11(2-8-14)9-21-15(25)10-27-18-23-22-16(12-3-4-12)24(18)13-5-6-13/h1-2,7-8,12-13,17H,3-6,9-10H2,(H,21,25). The van der Waals surface area contributed by atoms with Crippen molar-refractivity contribution in [3.8, 4) is 5.75 Å². The highest BCUT2D eigenvalue weighted by Crippen LogP contribution is 2.45. The van der Waals surface area contributed by atoms with Crippen LogP contribution in [0, 0.1) is 0 Å². The number of thioether (sulfide) groups is 1. The maximum Gasteiger partial charge on any atom is 0.387 e. The largest absolute Gasteiger partial charge is 0.435 e. The quantitative estimate of drug-likeness (QED) is 0.660. The molecule has 0 unspecified atom stereocenters. The molecule has 2 aliphatic carbocycles. The summed E-state index contributed by atoms with van der Waals surface area (Å²) < 4.78 is 30.8. The van der Waals surface area contributed by atoms with Crippen molar-refractivity contribution in [3.63, 3.8) is 0 Å². The fourth-order valence-electron chi connectivity index (χ4n) is 2.85. The molecule has 1 aromatic carbocycles. The monoisotopic (exact) mass is 394 g/mol. The van der Waals surface area contributed by atoms with Crippen LogP contribution in [-0.4, -0.2) is 33.0 Å². The van der Waals surface area contributed by atoms with Crippen LogP contribution in [0.2, 0.25) is 0 Å². The van der Waals surface area contributed by atoms with Crippen LogP contribution in [0.4, 0.5) is 8.78 Å². The molecule has 2 aliphatic rings. The molecule has 1 N–H and O–H groups in total. The van der Waals surface area contributed by atoms with E-state index in [9.17, 15) is 13.6 Å². The number of ether oxygens (including phenoxy) is 1. The van der Waals surface area contributed by atoms with E-state index in [1.807, 2.05) is 0 Å². The van der Waals surface area contributed by atoms with Crippen molar-refractivity contribution in [1.29, 1.82) is 0 Å². The molecule has 0 aliphatic heterocycles. The third-order valence-electron chi connectivity index (χ3n) is 4.52. The molecular formula is C18H20F2N4O2S. The molecule has 27 heavy (non-hydrogen) atoms. The molecule has 1 heterocycles. The third kappa shape index (κ3) is 4.77. The molecule has 0 saturated heterocycles. The highest BCUT2D eigenvalue weighted by molar-refractivity contribution is 7.99. The lowest BCUT2D eigenvalue weighted by atomic mass is 10.2. The fraction of sp³-hybridized carbons (Fsp3) is 0.500. The van der Waals surface area contributed by atoms with Gasteiger partial charge < -0.3 is 14.6 Å². The van der Waals surface area contributed by atoms with E-state index in [-0.39, 0.29) is 17.4 Å². The van der Waals surface area contributed by atoms with Gasteiger partial charge in [-0.2, -0.15) is 8.78 Å². The van der Waals surface area contributed by atoms with Gasteiger partial charge in [0.25, 0.3) is 0 Å². The SMILES string of the molecule is O=C(CSc1nnc(C2CC2)n1C1CC1)NCc1ccc(OC(F)F)cc1. The number of benzene rings is 1. The molecule has 2 aromatic rings. The first-order chi connectivity index (χ1) is 13.1. The average molecular weight is 394 g/mol. The Morgan fingerprint density at radius 1 is 1.22 bits per heavy atom.